The molecule has 0 aromatic heterocycles. The number of benzene rings is 10. The second-order valence-corrected chi connectivity index (χ2v) is 16.6. The van der Waals surface area contributed by atoms with Crippen molar-refractivity contribution in [2.24, 2.45) is 0 Å². The smallest absolute Gasteiger partial charge is 0.132 e. The van der Waals surface area contributed by atoms with Crippen LogP contribution < -0.4 is 4.74 Å². The first-order valence-electron chi connectivity index (χ1n) is 20.7. The highest BCUT2D eigenvalue weighted by Gasteiger charge is 2.54. The zero-order valence-corrected chi connectivity index (χ0v) is 32.0. The van der Waals surface area contributed by atoms with Gasteiger partial charge >= 0.3 is 0 Å². The zero-order valence-electron chi connectivity index (χ0n) is 32.0. The van der Waals surface area contributed by atoms with E-state index >= 15 is 0 Å². The number of hydrogen-bond donors (Lipinski definition) is 0. The molecule has 10 aromatic rings. The van der Waals surface area contributed by atoms with Gasteiger partial charge < -0.3 is 4.74 Å². The van der Waals surface area contributed by atoms with E-state index in [4.69, 9.17) is 4.74 Å². The maximum absolute atomic E-state index is 6.86. The second-order valence-electron chi connectivity index (χ2n) is 16.6. The van der Waals surface area contributed by atoms with Crippen LogP contribution in [0.1, 0.15) is 44.5 Å². The molecule has 0 saturated carbocycles. The van der Waals surface area contributed by atoms with E-state index in [9.17, 15) is 0 Å². The Morgan fingerprint density at radius 1 is 0.271 bits per heavy atom. The Balaban J connectivity index is 1.08. The molecule has 10 aromatic carbocycles. The molecule has 1 heterocycles. The van der Waals surface area contributed by atoms with Crippen molar-refractivity contribution in [2.75, 3.05) is 0 Å². The van der Waals surface area contributed by atoms with Crippen molar-refractivity contribution in [3.8, 4) is 56.0 Å². The van der Waals surface area contributed by atoms with Crippen molar-refractivity contribution in [3.63, 3.8) is 0 Å². The molecule has 3 aliphatic carbocycles. The molecule has 1 heteroatoms. The van der Waals surface area contributed by atoms with Crippen LogP contribution in [-0.2, 0) is 10.8 Å². The average molecular weight is 747 g/mol. The van der Waals surface area contributed by atoms with Gasteiger partial charge in [0.25, 0.3) is 0 Å². The van der Waals surface area contributed by atoms with Crippen molar-refractivity contribution >= 4 is 21.5 Å². The van der Waals surface area contributed by atoms with Crippen molar-refractivity contribution in [3.05, 3.63) is 251 Å². The SMILES string of the molecule is c1ccc2c(c1)Oc1ccc(-c3cccc4c3-c3ccccc3C43c4ccc5ccccc5c4-c4c3ccc3ccccc43)cc1C21c2ccccc2-c2ccccc21. The summed E-state index contributed by atoms with van der Waals surface area (Å²) >= 11 is 0. The van der Waals surface area contributed by atoms with E-state index in [0.29, 0.717) is 0 Å². The first-order chi connectivity index (χ1) is 29.3. The number of ether oxygens (including phenoxy) is 1. The minimum atomic E-state index is -0.532. The highest BCUT2D eigenvalue weighted by Crippen LogP contribution is 2.67. The van der Waals surface area contributed by atoms with Crippen LogP contribution >= 0.6 is 0 Å². The van der Waals surface area contributed by atoms with E-state index in [1.807, 2.05) is 0 Å². The monoisotopic (exact) mass is 746 g/mol. The van der Waals surface area contributed by atoms with Gasteiger partial charge in [0.2, 0.25) is 0 Å². The van der Waals surface area contributed by atoms with E-state index < -0.39 is 10.8 Å². The third-order valence-corrected chi connectivity index (χ3v) is 14.1. The highest BCUT2D eigenvalue weighted by atomic mass is 16.5. The van der Waals surface area contributed by atoms with Crippen LogP contribution in [0.5, 0.6) is 11.5 Å². The van der Waals surface area contributed by atoms with Gasteiger partial charge in [0.05, 0.1) is 10.8 Å². The topological polar surface area (TPSA) is 9.23 Å². The molecule has 0 atom stereocenters. The van der Waals surface area contributed by atoms with Gasteiger partial charge in [0.1, 0.15) is 11.5 Å². The molecule has 4 aliphatic rings. The minimum Gasteiger partial charge on any atom is -0.457 e. The third-order valence-electron chi connectivity index (χ3n) is 14.1. The first kappa shape index (κ1) is 31.6. The van der Waals surface area contributed by atoms with E-state index in [1.165, 1.54) is 111 Å². The van der Waals surface area contributed by atoms with Gasteiger partial charge in [-0.25, -0.2) is 0 Å². The Kier molecular flexibility index (Phi) is 5.96. The molecule has 0 unspecified atom stereocenters. The summed E-state index contributed by atoms with van der Waals surface area (Å²) < 4.78 is 6.86. The molecule has 1 nitrogen and oxygen atoms in total. The maximum atomic E-state index is 6.86. The lowest BCUT2D eigenvalue weighted by molar-refractivity contribution is 0.436. The molecule has 0 bridgehead atoms. The number of rotatable bonds is 1. The fraction of sp³-hybridized carbons (Fsp3) is 0.0345. The van der Waals surface area contributed by atoms with Crippen LogP contribution in [0.15, 0.2) is 206 Å². The van der Waals surface area contributed by atoms with Crippen molar-refractivity contribution in [1.29, 1.82) is 0 Å². The Hall–Kier alpha value is -7.48. The Bertz CT molecular complexity index is 3360. The predicted molar refractivity (Wildman–Crippen MR) is 241 cm³/mol. The minimum absolute atomic E-state index is 0.485. The van der Waals surface area contributed by atoms with Gasteiger partial charge in [0, 0.05) is 11.1 Å². The molecular formula is C58H34O. The van der Waals surface area contributed by atoms with Crippen LogP contribution in [0.25, 0.3) is 66.1 Å². The fourth-order valence-corrected chi connectivity index (χ4v) is 12.0. The number of para-hydroxylation sites is 1. The highest BCUT2D eigenvalue weighted by molar-refractivity contribution is 6.14. The average Bonchev–Trinajstić information content (AvgIpc) is 3.90. The second kappa shape index (κ2) is 11.1. The zero-order chi connectivity index (χ0) is 38.5. The Morgan fingerprint density at radius 2 is 0.729 bits per heavy atom. The Morgan fingerprint density at radius 3 is 1.39 bits per heavy atom. The molecule has 59 heavy (non-hydrogen) atoms. The summed E-state index contributed by atoms with van der Waals surface area (Å²) in [6, 6.07) is 77.2. The molecule has 0 amide bonds. The van der Waals surface area contributed by atoms with E-state index in [0.717, 1.165) is 11.5 Å². The summed E-state index contributed by atoms with van der Waals surface area (Å²) in [5, 5.41) is 5.14. The summed E-state index contributed by atoms with van der Waals surface area (Å²) in [6.07, 6.45) is 0. The lowest BCUT2D eigenvalue weighted by atomic mass is 9.65. The fourth-order valence-electron chi connectivity index (χ4n) is 12.0. The molecule has 0 fully saturated rings. The first-order valence-corrected chi connectivity index (χ1v) is 20.7. The molecule has 14 rings (SSSR count). The Labute approximate surface area is 342 Å². The predicted octanol–water partition coefficient (Wildman–Crippen LogP) is 14.5. The summed E-state index contributed by atoms with van der Waals surface area (Å²) in [7, 11) is 0. The van der Waals surface area contributed by atoms with Crippen molar-refractivity contribution in [1.82, 2.24) is 0 Å². The quantitative estimate of drug-likeness (QED) is 0.163. The summed E-state index contributed by atoms with van der Waals surface area (Å²) in [5.74, 6) is 1.81. The lowest BCUT2D eigenvalue weighted by Gasteiger charge is -2.39. The normalized spacial score (nSPS) is 14.8. The largest absolute Gasteiger partial charge is 0.457 e. The molecule has 2 spiro atoms. The van der Waals surface area contributed by atoms with Crippen LogP contribution in [-0.4, -0.2) is 0 Å². The lowest BCUT2D eigenvalue weighted by Crippen LogP contribution is -2.32. The van der Waals surface area contributed by atoms with Gasteiger partial charge in [-0.3, -0.25) is 0 Å². The van der Waals surface area contributed by atoms with Crippen LogP contribution in [0.3, 0.4) is 0 Å². The number of hydrogen-bond acceptors (Lipinski definition) is 1. The molecule has 1 aliphatic heterocycles. The van der Waals surface area contributed by atoms with Crippen LogP contribution in [0.4, 0.5) is 0 Å². The van der Waals surface area contributed by atoms with Gasteiger partial charge in [-0.2, -0.15) is 0 Å². The van der Waals surface area contributed by atoms with Crippen molar-refractivity contribution < 1.29 is 4.74 Å². The van der Waals surface area contributed by atoms with Gasteiger partial charge in [-0.05, 0) is 118 Å². The van der Waals surface area contributed by atoms with E-state index in [1.54, 1.807) is 0 Å². The molecular weight excluding hydrogens is 713 g/mol. The summed E-state index contributed by atoms with van der Waals surface area (Å²) in [5.41, 5.74) is 19.7. The molecule has 0 N–H and O–H groups in total. The summed E-state index contributed by atoms with van der Waals surface area (Å²) in [6.45, 7) is 0. The van der Waals surface area contributed by atoms with Crippen LogP contribution in [0, 0.1) is 0 Å². The van der Waals surface area contributed by atoms with E-state index in [2.05, 4.69) is 206 Å². The third kappa shape index (κ3) is 3.69. The standard InChI is InChI=1S/C58H34O/c1-3-16-38-35(14-1)28-31-49-55(38)56-39-17-4-2-15-36(39)29-32-50(56)58(49)46-24-10-7-20-43(46)54-40(21-13-26-48(54)58)37-30-33-53-51(34-37)57(47-25-11-12-27-52(47)59-53)44-22-8-5-18-41(44)42-19-6-9-23-45(42)57/h1-34H. The van der Waals surface area contributed by atoms with Crippen molar-refractivity contribution in [2.45, 2.75) is 10.8 Å². The molecule has 0 radical (unpaired) electrons. The van der Waals surface area contributed by atoms with E-state index in [-0.39, 0.29) is 0 Å². The number of fused-ring (bicyclic) bond motifs is 23. The van der Waals surface area contributed by atoms with Gasteiger partial charge in [0.15, 0.2) is 0 Å². The maximum Gasteiger partial charge on any atom is 0.132 e. The van der Waals surface area contributed by atoms with Gasteiger partial charge in [-0.15, -0.1) is 0 Å². The molecule has 0 saturated heterocycles. The van der Waals surface area contributed by atoms with Crippen LogP contribution in [0.2, 0.25) is 0 Å². The van der Waals surface area contributed by atoms with Gasteiger partial charge in [-0.1, -0.05) is 188 Å². The summed E-state index contributed by atoms with van der Waals surface area (Å²) in [4.78, 5) is 0. The molecule has 272 valence electrons.